The maximum atomic E-state index is 12.5. The summed E-state index contributed by atoms with van der Waals surface area (Å²) in [4.78, 5) is 14.3. The standard InChI is InChI=1S/C15H13IN2OS/c1-18(13-5-3-2-4-12(13)14(17)20)15(19)10-6-8-11(16)9-7-10/h2-9H,1H3,(H2,17,20). The smallest absolute Gasteiger partial charge is 0.258 e. The van der Waals surface area contributed by atoms with Gasteiger partial charge >= 0.3 is 0 Å². The second kappa shape index (κ2) is 6.32. The van der Waals surface area contributed by atoms with Gasteiger partial charge in [-0.2, -0.15) is 0 Å². The van der Waals surface area contributed by atoms with Gasteiger partial charge in [0.2, 0.25) is 0 Å². The quantitative estimate of drug-likeness (QED) is 0.641. The average Bonchev–Trinajstić information content (AvgIpc) is 2.46. The van der Waals surface area contributed by atoms with E-state index in [2.05, 4.69) is 22.6 Å². The molecule has 0 radical (unpaired) electrons. The van der Waals surface area contributed by atoms with E-state index in [-0.39, 0.29) is 10.9 Å². The van der Waals surface area contributed by atoms with Gasteiger partial charge in [-0.3, -0.25) is 4.79 Å². The fourth-order valence-corrected chi connectivity index (χ4v) is 2.40. The van der Waals surface area contributed by atoms with Crippen LogP contribution in [0.25, 0.3) is 0 Å². The van der Waals surface area contributed by atoms with E-state index in [0.29, 0.717) is 16.8 Å². The topological polar surface area (TPSA) is 46.3 Å². The van der Waals surface area contributed by atoms with Crippen LogP contribution in [0.4, 0.5) is 5.69 Å². The minimum atomic E-state index is -0.0925. The first-order valence-electron chi connectivity index (χ1n) is 5.93. The number of thiocarbonyl (C=S) groups is 1. The molecule has 20 heavy (non-hydrogen) atoms. The summed E-state index contributed by atoms with van der Waals surface area (Å²) in [7, 11) is 1.72. The molecule has 2 N–H and O–H groups in total. The van der Waals surface area contributed by atoms with Crippen LogP contribution in [-0.2, 0) is 0 Å². The number of carbonyl (C=O) groups is 1. The van der Waals surface area contributed by atoms with Crippen molar-refractivity contribution in [1.82, 2.24) is 0 Å². The van der Waals surface area contributed by atoms with Crippen molar-refractivity contribution in [2.75, 3.05) is 11.9 Å². The van der Waals surface area contributed by atoms with Crippen LogP contribution in [0, 0.1) is 3.57 Å². The average molecular weight is 396 g/mol. The van der Waals surface area contributed by atoms with Gasteiger partial charge in [-0.25, -0.2) is 0 Å². The first kappa shape index (κ1) is 14.9. The van der Waals surface area contributed by atoms with Crippen LogP contribution in [0.15, 0.2) is 48.5 Å². The maximum Gasteiger partial charge on any atom is 0.258 e. The fourth-order valence-electron chi connectivity index (χ4n) is 1.87. The summed E-state index contributed by atoms with van der Waals surface area (Å²) in [6.45, 7) is 0. The third-order valence-corrected chi connectivity index (χ3v) is 3.87. The monoisotopic (exact) mass is 396 g/mol. The summed E-state index contributed by atoms with van der Waals surface area (Å²) in [6.07, 6.45) is 0. The van der Waals surface area contributed by atoms with Crippen molar-refractivity contribution in [3.05, 3.63) is 63.2 Å². The van der Waals surface area contributed by atoms with Crippen LogP contribution in [0.1, 0.15) is 15.9 Å². The van der Waals surface area contributed by atoms with Crippen LogP contribution in [0.2, 0.25) is 0 Å². The number of amides is 1. The van der Waals surface area contributed by atoms with Crippen molar-refractivity contribution < 1.29 is 4.79 Å². The van der Waals surface area contributed by atoms with Crippen LogP contribution in [-0.4, -0.2) is 17.9 Å². The SMILES string of the molecule is CN(C(=O)c1ccc(I)cc1)c1ccccc1C(N)=S. The van der Waals surface area contributed by atoms with Crippen molar-refractivity contribution in [1.29, 1.82) is 0 Å². The van der Waals surface area contributed by atoms with E-state index in [9.17, 15) is 4.79 Å². The molecule has 102 valence electrons. The highest BCUT2D eigenvalue weighted by atomic mass is 127. The van der Waals surface area contributed by atoms with E-state index in [1.165, 1.54) is 0 Å². The Morgan fingerprint density at radius 2 is 1.75 bits per heavy atom. The fraction of sp³-hybridized carbons (Fsp3) is 0.0667. The molecule has 2 aromatic rings. The lowest BCUT2D eigenvalue weighted by Gasteiger charge is -2.20. The zero-order valence-corrected chi connectivity index (χ0v) is 13.8. The molecule has 0 heterocycles. The van der Waals surface area contributed by atoms with Gasteiger partial charge in [0.15, 0.2) is 0 Å². The molecule has 0 aromatic heterocycles. The molecule has 2 rings (SSSR count). The van der Waals surface area contributed by atoms with Crippen molar-refractivity contribution in [3.8, 4) is 0 Å². The summed E-state index contributed by atoms with van der Waals surface area (Å²) in [5, 5.41) is 0. The van der Waals surface area contributed by atoms with Crippen LogP contribution in [0.5, 0.6) is 0 Å². The second-order valence-corrected chi connectivity index (χ2v) is 5.94. The Morgan fingerprint density at radius 1 is 1.15 bits per heavy atom. The molecule has 0 aliphatic carbocycles. The van der Waals surface area contributed by atoms with E-state index in [0.717, 1.165) is 3.57 Å². The van der Waals surface area contributed by atoms with Crippen molar-refractivity contribution in [2.24, 2.45) is 5.73 Å². The molecule has 0 unspecified atom stereocenters. The number of nitrogens with two attached hydrogens (primary N) is 1. The van der Waals surface area contributed by atoms with Gasteiger partial charge in [-0.1, -0.05) is 24.4 Å². The maximum absolute atomic E-state index is 12.5. The van der Waals surface area contributed by atoms with Gasteiger partial charge in [0.25, 0.3) is 5.91 Å². The summed E-state index contributed by atoms with van der Waals surface area (Å²) >= 11 is 7.23. The third kappa shape index (κ3) is 3.16. The normalized spacial score (nSPS) is 10.1. The van der Waals surface area contributed by atoms with Crippen molar-refractivity contribution in [3.63, 3.8) is 0 Å². The number of halogens is 1. The number of carbonyl (C=O) groups excluding carboxylic acids is 1. The molecule has 1 amide bonds. The second-order valence-electron chi connectivity index (χ2n) is 4.25. The molecule has 2 aromatic carbocycles. The number of nitrogens with zero attached hydrogens (tertiary/aromatic N) is 1. The molecule has 0 bridgehead atoms. The molecule has 5 heteroatoms. The Hall–Kier alpha value is -1.47. The van der Waals surface area contributed by atoms with Crippen LogP contribution >= 0.6 is 34.8 Å². The number of hydrogen-bond donors (Lipinski definition) is 1. The van der Waals surface area contributed by atoms with Gasteiger partial charge in [-0.15, -0.1) is 0 Å². The lowest BCUT2D eigenvalue weighted by atomic mass is 10.1. The number of rotatable bonds is 3. The van der Waals surface area contributed by atoms with E-state index in [1.807, 2.05) is 48.5 Å². The molecular formula is C15H13IN2OS. The van der Waals surface area contributed by atoms with E-state index < -0.39 is 0 Å². The molecule has 0 saturated heterocycles. The first-order valence-corrected chi connectivity index (χ1v) is 7.42. The molecule has 0 saturated carbocycles. The lowest BCUT2D eigenvalue weighted by molar-refractivity contribution is 0.0993. The predicted octanol–water partition coefficient (Wildman–Crippen LogP) is 3.20. The van der Waals surface area contributed by atoms with Crippen molar-refractivity contribution in [2.45, 2.75) is 0 Å². The Labute approximate surface area is 136 Å². The van der Waals surface area contributed by atoms with E-state index in [1.54, 1.807) is 11.9 Å². The van der Waals surface area contributed by atoms with E-state index >= 15 is 0 Å². The number of para-hydroxylation sites is 1. The zero-order chi connectivity index (χ0) is 14.7. The van der Waals surface area contributed by atoms with Crippen molar-refractivity contribution >= 4 is 51.4 Å². The predicted molar refractivity (Wildman–Crippen MR) is 94.2 cm³/mol. The van der Waals surface area contributed by atoms with Gasteiger partial charge in [0, 0.05) is 21.7 Å². The first-order chi connectivity index (χ1) is 9.50. The Balaban J connectivity index is 2.36. The highest BCUT2D eigenvalue weighted by Gasteiger charge is 2.16. The van der Waals surface area contributed by atoms with Crippen LogP contribution in [0.3, 0.4) is 0 Å². The molecule has 0 atom stereocenters. The lowest BCUT2D eigenvalue weighted by Crippen LogP contribution is -2.28. The molecule has 0 fully saturated rings. The van der Waals surface area contributed by atoms with Gasteiger partial charge in [0.1, 0.15) is 4.99 Å². The summed E-state index contributed by atoms with van der Waals surface area (Å²) in [6, 6.07) is 14.8. The molecule has 0 spiro atoms. The largest absolute Gasteiger partial charge is 0.389 e. The van der Waals surface area contributed by atoms with E-state index in [4.69, 9.17) is 18.0 Å². The molecular weight excluding hydrogens is 383 g/mol. The number of anilines is 1. The third-order valence-electron chi connectivity index (χ3n) is 2.93. The minimum Gasteiger partial charge on any atom is -0.389 e. The molecule has 3 nitrogen and oxygen atoms in total. The zero-order valence-electron chi connectivity index (χ0n) is 10.8. The Morgan fingerprint density at radius 3 is 2.35 bits per heavy atom. The number of benzene rings is 2. The number of hydrogen-bond acceptors (Lipinski definition) is 2. The molecule has 0 aliphatic heterocycles. The Bertz CT molecular complexity index is 655. The van der Waals surface area contributed by atoms with Gasteiger partial charge in [-0.05, 0) is 59.0 Å². The van der Waals surface area contributed by atoms with Gasteiger partial charge in [0.05, 0.1) is 5.69 Å². The highest BCUT2D eigenvalue weighted by molar-refractivity contribution is 14.1. The minimum absolute atomic E-state index is 0.0925. The summed E-state index contributed by atoms with van der Waals surface area (Å²) in [5.41, 5.74) is 7.74. The summed E-state index contributed by atoms with van der Waals surface area (Å²) < 4.78 is 1.09. The van der Waals surface area contributed by atoms with Crippen LogP contribution < -0.4 is 10.6 Å². The summed E-state index contributed by atoms with van der Waals surface area (Å²) in [5.74, 6) is -0.0925. The molecule has 0 aliphatic rings. The highest BCUT2D eigenvalue weighted by Crippen LogP contribution is 2.21. The van der Waals surface area contributed by atoms with Gasteiger partial charge < -0.3 is 10.6 Å². The Kier molecular flexibility index (Phi) is 4.72.